The van der Waals surface area contributed by atoms with E-state index in [0.29, 0.717) is 11.2 Å². The zero-order chi connectivity index (χ0) is 9.41. The van der Waals surface area contributed by atoms with Gasteiger partial charge in [0.05, 0.1) is 0 Å². The van der Waals surface area contributed by atoms with Gasteiger partial charge in [0.25, 0.3) is 0 Å². The topological polar surface area (TPSA) is 0 Å². The van der Waals surface area contributed by atoms with Crippen LogP contribution in [0.5, 0.6) is 0 Å². The predicted molar refractivity (Wildman–Crippen MR) is 49.9 cm³/mol. The lowest BCUT2D eigenvalue weighted by atomic mass is 9.63. The second kappa shape index (κ2) is 3.24. The van der Waals surface area contributed by atoms with Gasteiger partial charge in [-0.05, 0) is 17.8 Å². The smallest absolute Gasteiger partial charge is 0.207 e. The van der Waals surface area contributed by atoms with E-state index in [0.717, 1.165) is 6.42 Å². The highest BCUT2D eigenvalue weighted by molar-refractivity contribution is 9.09. The van der Waals surface area contributed by atoms with Crippen molar-refractivity contribution in [1.29, 1.82) is 0 Å². The Kier molecular flexibility index (Phi) is 2.81. The van der Waals surface area contributed by atoms with Crippen LogP contribution < -0.4 is 0 Å². The maximum Gasteiger partial charge on any atom is 0.249 e. The summed E-state index contributed by atoms with van der Waals surface area (Å²) in [5.41, 5.74) is -0.113. The molecule has 12 heavy (non-hydrogen) atoms. The Morgan fingerprint density at radius 1 is 1.33 bits per heavy atom. The number of hydrogen-bond acceptors (Lipinski definition) is 0. The molecule has 3 heteroatoms. The standard InChI is InChI=1S/C9H15BrF2/c1-7(2)3-8(6-10)4-9(11,12)5-8/h7H,3-6H2,1-2H3. The van der Waals surface area contributed by atoms with Crippen LogP contribution in [-0.2, 0) is 0 Å². The van der Waals surface area contributed by atoms with E-state index in [4.69, 9.17) is 0 Å². The minimum atomic E-state index is -2.39. The van der Waals surface area contributed by atoms with Crippen molar-refractivity contribution in [1.82, 2.24) is 0 Å². The molecule has 1 aliphatic carbocycles. The van der Waals surface area contributed by atoms with Crippen LogP contribution in [0.4, 0.5) is 8.78 Å². The van der Waals surface area contributed by atoms with Crippen LogP contribution in [0, 0.1) is 11.3 Å². The van der Waals surface area contributed by atoms with Gasteiger partial charge in [-0.2, -0.15) is 0 Å². The molecule has 0 amide bonds. The number of alkyl halides is 3. The summed E-state index contributed by atoms with van der Waals surface area (Å²) in [7, 11) is 0. The summed E-state index contributed by atoms with van der Waals surface area (Å²) < 4.78 is 25.3. The summed E-state index contributed by atoms with van der Waals surface area (Å²) in [4.78, 5) is 0. The van der Waals surface area contributed by atoms with Gasteiger partial charge in [0.2, 0.25) is 5.92 Å². The van der Waals surface area contributed by atoms with E-state index in [9.17, 15) is 8.78 Å². The molecule has 0 saturated heterocycles. The van der Waals surface area contributed by atoms with Gasteiger partial charge in [-0.15, -0.1) is 0 Å². The molecule has 0 aromatic heterocycles. The molecule has 0 aromatic carbocycles. The maximum absolute atomic E-state index is 12.6. The van der Waals surface area contributed by atoms with Crippen LogP contribution >= 0.6 is 15.9 Å². The van der Waals surface area contributed by atoms with Crippen LogP contribution in [-0.4, -0.2) is 11.3 Å². The first-order valence-corrected chi connectivity index (χ1v) is 5.45. The van der Waals surface area contributed by atoms with Crippen molar-refractivity contribution in [2.24, 2.45) is 11.3 Å². The molecule has 1 rings (SSSR count). The summed E-state index contributed by atoms with van der Waals surface area (Å²) in [5, 5.41) is 0.716. The summed E-state index contributed by atoms with van der Waals surface area (Å²) >= 11 is 3.33. The van der Waals surface area contributed by atoms with Crippen molar-refractivity contribution in [2.75, 3.05) is 5.33 Å². The Morgan fingerprint density at radius 2 is 1.83 bits per heavy atom. The first-order valence-electron chi connectivity index (χ1n) is 4.33. The SMILES string of the molecule is CC(C)CC1(CBr)CC(F)(F)C1. The molecular weight excluding hydrogens is 226 g/mol. The average molecular weight is 241 g/mol. The van der Waals surface area contributed by atoms with Gasteiger partial charge in [0, 0.05) is 18.2 Å². The Morgan fingerprint density at radius 3 is 2.08 bits per heavy atom. The van der Waals surface area contributed by atoms with Gasteiger partial charge in [-0.3, -0.25) is 0 Å². The molecule has 1 fully saturated rings. The second-order valence-electron chi connectivity index (χ2n) is 4.44. The van der Waals surface area contributed by atoms with Crippen molar-refractivity contribution in [2.45, 2.75) is 39.0 Å². The van der Waals surface area contributed by atoms with Crippen LogP contribution in [0.2, 0.25) is 0 Å². The van der Waals surface area contributed by atoms with Gasteiger partial charge in [0.15, 0.2) is 0 Å². The average Bonchev–Trinajstić information content (AvgIpc) is 1.81. The molecule has 0 N–H and O–H groups in total. The molecule has 0 heterocycles. The van der Waals surface area contributed by atoms with Crippen molar-refractivity contribution in [3.63, 3.8) is 0 Å². The second-order valence-corrected chi connectivity index (χ2v) is 5.00. The molecule has 0 spiro atoms. The lowest BCUT2D eigenvalue weighted by molar-refractivity contribution is -0.156. The molecule has 0 nitrogen and oxygen atoms in total. The molecule has 0 aromatic rings. The predicted octanol–water partition coefficient (Wildman–Crippen LogP) is 3.84. The molecule has 0 unspecified atom stereocenters. The minimum Gasteiger partial charge on any atom is -0.207 e. The molecule has 1 saturated carbocycles. The fraction of sp³-hybridized carbons (Fsp3) is 1.00. The zero-order valence-corrected chi connectivity index (χ0v) is 9.13. The van der Waals surface area contributed by atoms with Crippen LogP contribution in [0.3, 0.4) is 0 Å². The van der Waals surface area contributed by atoms with Gasteiger partial charge in [-0.25, -0.2) is 8.78 Å². The maximum atomic E-state index is 12.6. The van der Waals surface area contributed by atoms with E-state index in [1.807, 2.05) is 0 Å². The highest BCUT2D eigenvalue weighted by atomic mass is 79.9. The quantitative estimate of drug-likeness (QED) is 0.658. The fourth-order valence-corrected chi connectivity index (χ4v) is 2.83. The Hall–Kier alpha value is 0.340. The normalized spacial score (nSPS) is 25.5. The first-order chi connectivity index (χ1) is 5.39. The third kappa shape index (κ3) is 2.18. The molecule has 0 aliphatic heterocycles. The Bertz CT molecular complexity index is 152. The number of halogens is 3. The van der Waals surface area contributed by atoms with Crippen molar-refractivity contribution >= 4 is 15.9 Å². The van der Waals surface area contributed by atoms with Crippen molar-refractivity contribution in [3.05, 3.63) is 0 Å². The van der Waals surface area contributed by atoms with Gasteiger partial charge in [-0.1, -0.05) is 29.8 Å². The van der Waals surface area contributed by atoms with Crippen LogP contribution in [0.25, 0.3) is 0 Å². The van der Waals surface area contributed by atoms with Crippen molar-refractivity contribution < 1.29 is 8.78 Å². The minimum absolute atomic E-state index is 0.0728. The van der Waals surface area contributed by atoms with Crippen LogP contribution in [0.15, 0.2) is 0 Å². The zero-order valence-electron chi connectivity index (χ0n) is 7.54. The van der Waals surface area contributed by atoms with E-state index in [1.165, 1.54) is 0 Å². The highest BCUT2D eigenvalue weighted by Gasteiger charge is 2.55. The molecule has 0 bridgehead atoms. The van der Waals surface area contributed by atoms with E-state index in [2.05, 4.69) is 29.8 Å². The Labute approximate surface area is 80.9 Å². The largest absolute Gasteiger partial charge is 0.249 e. The van der Waals surface area contributed by atoms with E-state index in [1.54, 1.807) is 0 Å². The Balaban J connectivity index is 2.47. The van der Waals surface area contributed by atoms with E-state index >= 15 is 0 Å². The summed E-state index contributed by atoms with van der Waals surface area (Å²) in [6, 6.07) is 0. The molecule has 1 aliphatic rings. The first kappa shape index (κ1) is 10.4. The third-order valence-corrected chi connectivity index (χ3v) is 3.58. The molecule has 0 atom stereocenters. The van der Waals surface area contributed by atoms with E-state index < -0.39 is 5.92 Å². The lowest BCUT2D eigenvalue weighted by Crippen LogP contribution is -2.47. The van der Waals surface area contributed by atoms with Gasteiger partial charge in [0.1, 0.15) is 0 Å². The van der Waals surface area contributed by atoms with Gasteiger partial charge < -0.3 is 0 Å². The molecule has 0 radical (unpaired) electrons. The molecule has 72 valence electrons. The van der Waals surface area contributed by atoms with Gasteiger partial charge >= 0.3 is 0 Å². The van der Waals surface area contributed by atoms with E-state index in [-0.39, 0.29) is 18.3 Å². The summed E-state index contributed by atoms with van der Waals surface area (Å²) in [6.45, 7) is 4.17. The summed E-state index contributed by atoms with van der Waals surface area (Å²) in [6.07, 6.45) is 1.06. The van der Waals surface area contributed by atoms with Crippen molar-refractivity contribution in [3.8, 4) is 0 Å². The monoisotopic (exact) mass is 240 g/mol. The molecular formula is C9H15BrF2. The highest BCUT2D eigenvalue weighted by Crippen LogP contribution is 2.55. The lowest BCUT2D eigenvalue weighted by Gasteiger charge is -2.47. The fourth-order valence-electron chi connectivity index (χ4n) is 2.20. The number of hydrogen-bond donors (Lipinski definition) is 0. The van der Waals surface area contributed by atoms with Crippen LogP contribution in [0.1, 0.15) is 33.1 Å². The third-order valence-electron chi connectivity index (χ3n) is 2.39. The number of rotatable bonds is 3. The summed E-state index contributed by atoms with van der Waals surface area (Å²) in [5.74, 6) is -1.87.